The highest BCUT2D eigenvalue weighted by molar-refractivity contribution is 7.92. The minimum Gasteiger partial charge on any atom is -0.457 e. The van der Waals surface area contributed by atoms with Crippen LogP contribution in [-0.4, -0.2) is 32.0 Å². The number of carbonyl (C=O) groups excluding carboxylic acids is 1. The number of hydrogen-bond donors (Lipinski definition) is 3. The fourth-order valence-electron chi connectivity index (χ4n) is 1.96. The third kappa shape index (κ3) is 3.88. The number of hydrogen-bond acceptors (Lipinski definition) is 6. The smallest absolute Gasteiger partial charge is 0.276 e. The molecule has 7 nitrogen and oxygen atoms in total. The molecule has 0 aliphatic carbocycles. The van der Waals surface area contributed by atoms with Crippen LogP contribution in [0, 0.1) is 5.82 Å². The third-order valence-corrected chi connectivity index (χ3v) is 5.12. The van der Waals surface area contributed by atoms with Crippen molar-refractivity contribution in [3.63, 3.8) is 0 Å². The number of rotatable bonds is 6. The van der Waals surface area contributed by atoms with Gasteiger partial charge in [0.2, 0.25) is 9.84 Å². The number of benzene rings is 2. The van der Waals surface area contributed by atoms with Crippen LogP contribution in [-0.2, 0) is 14.6 Å². The highest BCUT2D eigenvalue weighted by atomic mass is 32.2. The lowest BCUT2D eigenvalue weighted by molar-refractivity contribution is -0.129. The van der Waals surface area contributed by atoms with E-state index in [1.165, 1.54) is 61.1 Å². The number of nitrogens with one attached hydrogen (secondary N) is 2. The molecule has 9 heteroatoms. The predicted molar refractivity (Wildman–Crippen MR) is 82.9 cm³/mol. The van der Waals surface area contributed by atoms with Crippen LogP contribution in [0.5, 0.6) is 11.5 Å². The average Bonchev–Trinajstić information content (AvgIpc) is 2.57. The fourth-order valence-corrected chi connectivity index (χ4v) is 3.39. The van der Waals surface area contributed by atoms with Crippen LogP contribution >= 0.6 is 0 Å². The van der Waals surface area contributed by atoms with Crippen LogP contribution in [0.4, 0.5) is 4.39 Å². The summed E-state index contributed by atoms with van der Waals surface area (Å²) in [5.41, 5.74) is 1.30. The molecule has 0 aliphatic heterocycles. The van der Waals surface area contributed by atoms with Gasteiger partial charge in [0.1, 0.15) is 17.3 Å². The van der Waals surface area contributed by atoms with Gasteiger partial charge in [-0.05, 0) is 55.6 Å². The zero-order valence-corrected chi connectivity index (χ0v) is 13.4. The van der Waals surface area contributed by atoms with E-state index in [1.54, 1.807) is 0 Å². The highest BCUT2D eigenvalue weighted by Gasteiger charge is 2.32. The maximum atomic E-state index is 12.8. The summed E-state index contributed by atoms with van der Waals surface area (Å²) in [6.07, 6.45) is 0. The molecule has 2 aromatic rings. The van der Waals surface area contributed by atoms with E-state index < -0.39 is 26.9 Å². The van der Waals surface area contributed by atoms with Crippen molar-refractivity contribution in [1.82, 2.24) is 10.8 Å². The molecule has 0 aliphatic rings. The summed E-state index contributed by atoms with van der Waals surface area (Å²) < 4.78 is 43.0. The Bertz CT molecular complexity index is 807. The van der Waals surface area contributed by atoms with E-state index in [4.69, 9.17) is 9.94 Å². The quantitative estimate of drug-likeness (QED) is 0.536. The van der Waals surface area contributed by atoms with Gasteiger partial charge in [-0.3, -0.25) is 15.3 Å². The van der Waals surface area contributed by atoms with Gasteiger partial charge >= 0.3 is 0 Å². The Morgan fingerprint density at radius 2 is 1.58 bits per heavy atom. The summed E-state index contributed by atoms with van der Waals surface area (Å²) in [5.74, 6) is -0.763. The average molecular weight is 354 g/mol. The van der Waals surface area contributed by atoms with E-state index >= 15 is 0 Å². The van der Waals surface area contributed by atoms with E-state index in [0.29, 0.717) is 11.5 Å². The summed E-state index contributed by atoms with van der Waals surface area (Å²) in [5, 5.41) is 9.32. The van der Waals surface area contributed by atoms with E-state index in [-0.39, 0.29) is 4.90 Å². The van der Waals surface area contributed by atoms with Crippen LogP contribution in [0.25, 0.3) is 0 Å². The minimum atomic E-state index is -4.05. The molecule has 2 aromatic carbocycles. The first-order valence-electron chi connectivity index (χ1n) is 6.77. The number of likely N-dealkylation sites (N-methyl/N-ethyl adjacent to an activating group) is 1. The van der Waals surface area contributed by atoms with Gasteiger partial charge < -0.3 is 4.74 Å². The molecule has 2 rings (SSSR count). The molecule has 0 bridgehead atoms. The number of ether oxygens (including phenoxy) is 1. The molecule has 0 radical (unpaired) electrons. The van der Waals surface area contributed by atoms with Crippen LogP contribution < -0.4 is 15.5 Å². The van der Waals surface area contributed by atoms with Gasteiger partial charge in [-0.2, -0.15) is 0 Å². The molecule has 0 aromatic heterocycles. The molecule has 1 amide bonds. The van der Waals surface area contributed by atoms with Gasteiger partial charge in [0.15, 0.2) is 5.37 Å². The van der Waals surface area contributed by atoms with Crippen molar-refractivity contribution in [3.05, 3.63) is 54.3 Å². The van der Waals surface area contributed by atoms with Crippen molar-refractivity contribution < 1.29 is 27.5 Å². The van der Waals surface area contributed by atoms with E-state index in [2.05, 4.69) is 5.32 Å². The van der Waals surface area contributed by atoms with Gasteiger partial charge in [0.05, 0.1) is 4.90 Å². The van der Waals surface area contributed by atoms with Crippen LogP contribution in [0.2, 0.25) is 0 Å². The molecule has 0 saturated carbocycles. The molecule has 128 valence electrons. The highest BCUT2D eigenvalue weighted by Crippen LogP contribution is 2.24. The van der Waals surface area contributed by atoms with Crippen molar-refractivity contribution in [2.45, 2.75) is 10.3 Å². The van der Waals surface area contributed by atoms with E-state index in [9.17, 15) is 17.6 Å². The lowest BCUT2D eigenvalue weighted by Gasteiger charge is -2.15. The summed E-state index contributed by atoms with van der Waals surface area (Å²) in [4.78, 5) is 11.3. The second kappa shape index (κ2) is 7.39. The third-order valence-electron chi connectivity index (χ3n) is 3.12. The molecule has 24 heavy (non-hydrogen) atoms. The summed E-state index contributed by atoms with van der Waals surface area (Å²) in [6.45, 7) is 0. The lowest BCUT2D eigenvalue weighted by atomic mass is 10.3. The standard InChI is InChI=1S/C15H15FN2O5S/c1-17-15(14(19)18-20)24(21,22)13-8-6-12(7-9-13)23-11-4-2-10(16)3-5-11/h2-9,15,17,20H,1H3,(H,18,19). The molecule has 1 atom stereocenters. The Kier molecular flexibility index (Phi) is 5.50. The molecule has 1 unspecified atom stereocenters. The first kappa shape index (κ1) is 17.9. The summed E-state index contributed by atoms with van der Waals surface area (Å²) >= 11 is 0. The normalized spacial score (nSPS) is 12.5. The van der Waals surface area contributed by atoms with E-state index in [1.807, 2.05) is 0 Å². The molecule has 0 spiro atoms. The van der Waals surface area contributed by atoms with Gasteiger partial charge in [0.25, 0.3) is 5.91 Å². The molecular weight excluding hydrogens is 339 g/mol. The first-order valence-corrected chi connectivity index (χ1v) is 8.31. The lowest BCUT2D eigenvalue weighted by Crippen LogP contribution is -2.46. The van der Waals surface area contributed by atoms with Gasteiger partial charge in [0, 0.05) is 0 Å². The SMILES string of the molecule is CNC(C(=O)NO)S(=O)(=O)c1ccc(Oc2ccc(F)cc2)cc1. The Labute approximate surface area is 137 Å². The number of halogens is 1. The topological polar surface area (TPSA) is 105 Å². The molecule has 0 fully saturated rings. The number of amides is 1. The van der Waals surface area contributed by atoms with Crippen molar-refractivity contribution in [2.24, 2.45) is 0 Å². The zero-order valence-electron chi connectivity index (χ0n) is 12.6. The van der Waals surface area contributed by atoms with Gasteiger partial charge in [-0.1, -0.05) is 0 Å². The van der Waals surface area contributed by atoms with Crippen molar-refractivity contribution in [2.75, 3.05) is 7.05 Å². The Balaban J connectivity index is 2.21. The fraction of sp³-hybridized carbons (Fsp3) is 0.133. The summed E-state index contributed by atoms with van der Waals surface area (Å²) in [6, 6.07) is 10.7. The Morgan fingerprint density at radius 1 is 1.08 bits per heavy atom. The largest absolute Gasteiger partial charge is 0.457 e. The minimum absolute atomic E-state index is 0.128. The molecule has 0 saturated heterocycles. The van der Waals surface area contributed by atoms with Crippen molar-refractivity contribution in [3.8, 4) is 11.5 Å². The predicted octanol–water partition coefficient (Wildman–Crippen LogP) is 1.44. The molecular formula is C15H15FN2O5S. The summed E-state index contributed by atoms with van der Waals surface area (Å²) in [7, 11) is -2.76. The Morgan fingerprint density at radius 3 is 2.04 bits per heavy atom. The number of hydroxylamine groups is 1. The van der Waals surface area contributed by atoms with Crippen LogP contribution in [0.3, 0.4) is 0 Å². The maximum Gasteiger partial charge on any atom is 0.276 e. The zero-order chi connectivity index (χ0) is 17.7. The number of sulfone groups is 1. The van der Waals surface area contributed by atoms with Gasteiger partial charge in [-0.15, -0.1) is 0 Å². The maximum absolute atomic E-state index is 12.8. The number of carbonyl (C=O) groups is 1. The van der Waals surface area contributed by atoms with Crippen LogP contribution in [0.1, 0.15) is 0 Å². The Hall–Kier alpha value is -2.49. The first-order chi connectivity index (χ1) is 11.4. The van der Waals surface area contributed by atoms with Crippen molar-refractivity contribution >= 4 is 15.7 Å². The van der Waals surface area contributed by atoms with Gasteiger partial charge in [-0.25, -0.2) is 18.3 Å². The second-order valence-electron chi connectivity index (χ2n) is 4.72. The van der Waals surface area contributed by atoms with Crippen molar-refractivity contribution in [1.29, 1.82) is 0 Å². The van der Waals surface area contributed by atoms with Crippen LogP contribution in [0.15, 0.2) is 53.4 Å². The molecule has 3 N–H and O–H groups in total. The molecule has 0 heterocycles. The second-order valence-corrected chi connectivity index (χ2v) is 6.75. The van der Waals surface area contributed by atoms with E-state index in [0.717, 1.165) is 0 Å². The monoisotopic (exact) mass is 354 g/mol.